The van der Waals surface area contributed by atoms with Crippen LogP contribution in [0.15, 0.2) is 24.3 Å². The average molecular weight is 494 g/mol. The zero-order valence-corrected chi connectivity index (χ0v) is 19.2. The maximum Gasteiger partial charge on any atom is 0.328 e. The molecule has 13 nitrogen and oxygen atoms in total. The molecule has 0 aromatic heterocycles. The Hall–Kier alpha value is -3.71. The molecular formula is C22H31N5O8. The lowest BCUT2D eigenvalue weighted by Gasteiger charge is -2.25. The van der Waals surface area contributed by atoms with Gasteiger partial charge in [-0.05, 0) is 44.0 Å². The first-order valence-electron chi connectivity index (χ1n) is 11.1. The highest BCUT2D eigenvalue weighted by molar-refractivity contribution is 5.96. The van der Waals surface area contributed by atoms with Crippen molar-refractivity contribution in [1.82, 2.24) is 21.3 Å². The number of aromatic hydroxyl groups is 1. The summed E-state index contributed by atoms with van der Waals surface area (Å²) in [6.45, 7) is 1.81. The van der Waals surface area contributed by atoms with Crippen LogP contribution in [0.2, 0.25) is 0 Å². The highest BCUT2D eigenvalue weighted by Gasteiger charge is 2.33. The van der Waals surface area contributed by atoms with Crippen LogP contribution in [0.1, 0.15) is 31.7 Å². The predicted molar refractivity (Wildman–Crippen MR) is 122 cm³/mol. The molecule has 9 N–H and O–H groups in total. The van der Waals surface area contributed by atoms with Crippen LogP contribution in [0.25, 0.3) is 0 Å². The second kappa shape index (κ2) is 12.7. The highest BCUT2D eigenvalue weighted by Crippen LogP contribution is 2.13. The number of nitrogens with one attached hydrogen (secondary N) is 4. The SMILES string of the molecule is CC(O)C(NC(=O)C(CC(N)=O)NC(=O)C(Cc1ccc(O)cc1)NC(=O)C1CCCN1)C(=O)O. The Kier molecular flexibility index (Phi) is 9.97. The standard InChI is InChI=1S/C22H31N5O8/c1-11(28)18(22(34)35)27-21(33)16(10-17(23)30)26-20(32)15(9-12-4-6-13(29)7-5-12)25-19(31)14-3-2-8-24-14/h4-7,11,14-16,18,24,28-29H,2-3,8-10H2,1H3,(H2,23,30)(H,25,31)(H,26,32)(H,27,33)(H,34,35). The highest BCUT2D eigenvalue weighted by atomic mass is 16.4. The van der Waals surface area contributed by atoms with Crippen molar-refractivity contribution in [3.05, 3.63) is 29.8 Å². The number of aliphatic hydroxyl groups is 1. The fourth-order valence-corrected chi connectivity index (χ4v) is 3.58. The quantitative estimate of drug-likeness (QED) is 0.154. The summed E-state index contributed by atoms with van der Waals surface area (Å²) in [7, 11) is 0. The predicted octanol–water partition coefficient (Wildman–Crippen LogP) is -2.52. The normalized spacial score (nSPS) is 18.5. The zero-order chi connectivity index (χ0) is 26.1. The van der Waals surface area contributed by atoms with E-state index in [4.69, 9.17) is 5.73 Å². The van der Waals surface area contributed by atoms with E-state index in [0.717, 1.165) is 13.3 Å². The van der Waals surface area contributed by atoms with Crippen molar-refractivity contribution in [2.24, 2.45) is 5.73 Å². The number of phenolic OH excluding ortho intramolecular Hbond substituents is 1. The molecule has 35 heavy (non-hydrogen) atoms. The number of carboxylic acids is 1. The van der Waals surface area contributed by atoms with E-state index in [9.17, 15) is 39.3 Å². The maximum absolute atomic E-state index is 13.1. The molecular weight excluding hydrogens is 462 g/mol. The van der Waals surface area contributed by atoms with Gasteiger partial charge in [-0.2, -0.15) is 0 Å². The Morgan fingerprint density at radius 2 is 1.69 bits per heavy atom. The molecule has 1 fully saturated rings. The summed E-state index contributed by atoms with van der Waals surface area (Å²) in [5.74, 6) is -4.72. The molecule has 5 unspecified atom stereocenters. The van der Waals surface area contributed by atoms with Crippen LogP contribution in [0.5, 0.6) is 5.75 Å². The largest absolute Gasteiger partial charge is 0.508 e. The van der Waals surface area contributed by atoms with E-state index in [0.29, 0.717) is 18.5 Å². The second-order valence-electron chi connectivity index (χ2n) is 8.38. The molecule has 0 saturated carbocycles. The topological polar surface area (TPSA) is 220 Å². The maximum atomic E-state index is 13.1. The van der Waals surface area contributed by atoms with Crippen molar-refractivity contribution in [3.8, 4) is 5.75 Å². The van der Waals surface area contributed by atoms with Crippen molar-refractivity contribution in [2.75, 3.05) is 6.54 Å². The number of amides is 4. The third-order valence-corrected chi connectivity index (χ3v) is 5.47. The molecule has 4 amide bonds. The molecule has 1 aliphatic rings. The molecule has 0 radical (unpaired) electrons. The first-order valence-corrected chi connectivity index (χ1v) is 11.1. The van der Waals surface area contributed by atoms with Crippen molar-refractivity contribution < 1.29 is 39.3 Å². The van der Waals surface area contributed by atoms with Gasteiger partial charge in [-0.1, -0.05) is 12.1 Å². The monoisotopic (exact) mass is 493 g/mol. The van der Waals surface area contributed by atoms with E-state index < -0.39 is 66.3 Å². The molecule has 1 heterocycles. The van der Waals surface area contributed by atoms with Gasteiger partial charge in [0.25, 0.3) is 0 Å². The lowest BCUT2D eigenvalue weighted by molar-refractivity contribution is -0.145. The molecule has 0 aliphatic carbocycles. The summed E-state index contributed by atoms with van der Waals surface area (Å²) < 4.78 is 0. The number of nitrogens with two attached hydrogens (primary N) is 1. The Balaban J connectivity index is 2.21. The van der Waals surface area contributed by atoms with E-state index in [1.165, 1.54) is 12.1 Å². The molecule has 5 atom stereocenters. The lowest BCUT2D eigenvalue weighted by atomic mass is 10.0. The van der Waals surface area contributed by atoms with Gasteiger partial charge in [0.15, 0.2) is 6.04 Å². The number of rotatable bonds is 12. The number of hydrogen-bond donors (Lipinski definition) is 8. The Bertz CT molecular complexity index is 930. The minimum atomic E-state index is -1.68. The van der Waals surface area contributed by atoms with Crippen molar-refractivity contribution in [1.29, 1.82) is 0 Å². The van der Waals surface area contributed by atoms with Gasteiger partial charge in [0.2, 0.25) is 23.6 Å². The summed E-state index contributed by atoms with van der Waals surface area (Å²) in [6, 6.07) is 1.06. The van der Waals surface area contributed by atoms with Crippen LogP contribution in [-0.4, -0.2) is 81.7 Å². The van der Waals surface area contributed by atoms with Crippen LogP contribution >= 0.6 is 0 Å². The summed E-state index contributed by atoms with van der Waals surface area (Å²) >= 11 is 0. The van der Waals surface area contributed by atoms with Crippen molar-refractivity contribution >= 4 is 29.6 Å². The van der Waals surface area contributed by atoms with Gasteiger partial charge in [0.05, 0.1) is 18.6 Å². The number of carboxylic acid groups (broad SMARTS) is 1. The average Bonchev–Trinajstić information content (AvgIpc) is 3.32. The van der Waals surface area contributed by atoms with E-state index in [-0.39, 0.29) is 12.2 Å². The Morgan fingerprint density at radius 3 is 2.20 bits per heavy atom. The number of primary amides is 1. The van der Waals surface area contributed by atoms with Crippen LogP contribution < -0.4 is 27.0 Å². The zero-order valence-electron chi connectivity index (χ0n) is 19.2. The van der Waals surface area contributed by atoms with Crippen LogP contribution in [0.4, 0.5) is 0 Å². The van der Waals surface area contributed by atoms with E-state index >= 15 is 0 Å². The third-order valence-electron chi connectivity index (χ3n) is 5.47. The van der Waals surface area contributed by atoms with Gasteiger partial charge < -0.3 is 42.3 Å². The number of carbonyl (C=O) groups excluding carboxylic acids is 4. The van der Waals surface area contributed by atoms with Crippen molar-refractivity contribution in [3.63, 3.8) is 0 Å². The van der Waals surface area contributed by atoms with Gasteiger partial charge in [-0.15, -0.1) is 0 Å². The summed E-state index contributed by atoms with van der Waals surface area (Å²) in [4.78, 5) is 61.2. The number of aliphatic hydroxyl groups excluding tert-OH is 1. The lowest BCUT2D eigenvalue weighted by Crippen LogP contribution is -2.59. The molecule has 0 bridgehead atoms. The fourth-order valence-electron chi connectivity index (χ4n) is 3.58. The number of carbonyl (C=O) groups is 5. The van der Waals surface area contributed by atoms with Gasteiger partial charge in [-0.25, -0.2) is 4.79 Å². The fraction of sp³-hybridized carbons (Fsp3) is 0.500. The minimum absolute atomic E-state index is 0.000902. The summed E-state index contributed by atoms with van der Waals surface area (Å²) in [5, 5.41) is 38.4. The van der Waals surface area contributed by atoms with E-state index in [1.807, 2.05) is 0 Å². The molecule has 1 aliphatic heterocycles. The minimum Gasteiger partial charge on any atom is -0.508 e. The Labute approximate surface area is 201 Å². The Morgan fingerprint density at radius 1 is 1.06 bits per heavy atom. The van der Waals surface area contributed by atoms with Crippen LogP contribution in [-0.2, 0) is 30.4 Å². The van der Waals surface area contributed by atoms with E-state index in [2.05, 4.69) is 21.3 Å². The van der Waals surface area contributed by atoms with Gasteiger partial charge in [0.1, 0.15) is 17.8 Å². The van der Waals surface area contributed by atoms with Gasteiger partial charge in [0, 0.05) is 6.42 Å². The third kappa shape index (κ3) is 8.54. The van der Waals surface area contributed by atoms with Crippen molar-refractivity contribution in [2.45, 2.75) is 62.9 Å². The second-order valence-corrected chi connectivity index (χ2v) is 8.38. The van der Waals surface area contributed by atoms with Crippen LogP contribution in [0.3, 0.4) is 0 Å². The smallest absolute Gasteiger partial charge is 0.328 e. The summed E-state index contributed by atoms with van der Waals surface area (Å²) in [5.41, 5.74) is 5.79. The molecule has 1 aromatic rings. The number of aliphatic carboxylic acids is 1. The number of hydrogen-bond acceptors (Lipinski definition) is 8. The molecule has 0 spiro atoms. The van der Waals surface area contributed by atoms with Gasteiger partial charge in [-0.3, -0.25) is 19.2 Å². The molecule has 13 heteroatoms. The molecule has 192 valence electrons. The molecule has 2 rings (SSSR count). The van der Waals surface area contributed by atoms with Gasteiger partial charge >= 0.3 is 5.97 Å². The first kappa shape index (κ1) is 27.5. The number of benzene rings is 1. The molecule has 1 aromatic carbocycles. The van der Waals surface area contributed by atoms with Crippen LogP contribution in [0, 0.1) is 0 Å². The molecule has 1 saturated heterocycles. The summed E-state index contributed by atoms with van der Waals surface area (Å²) in [6.07, 6.45) is -0.722. The number of phenols is 1. The van der Waals surface area contributed by atoms with E-state index in [1.54, 1.807) is 12.1 Å². The first-order chi connectivity index (χ1) is 16.5.